The summed E-state index contributed by atoms with van der Waals surface area (Å²) in [7, 11) is 0. The average molecular weight is 323 g/mol. The third kappa shape index (κ3) is 3.12. The molecule has 0 bridgehead atoms. The fourth-order valence-corrected chi connectivity index (χ4v) is 2.97. The molecule has 0 aliphatic carbocycles. The molecule has 2 aromatic rings. The van der Waals surface area contributed by atoms with Gasteiger partial charge in [0.1, 0.15) is 6.54 Å². The molecular weight excluding hydrogens is 306 g/mol. The minimum Gasteiger partial charge on any atom is -0.387 e. The van der Waals surface area contributed by atoms with Crippen molar-refractivity contribution < 1.29 is 13.9 Å². The van der Waals surface area contributed by atoms with E-state index in [0.717, 1.165) is 16.0 Å². The third-order valence-electron chi connectivity index (χ3n) is 3.57. The van der Waals surface area contributed by atoms with E-state index in [1.54, 1.807) is 4.90 Å². The number of morpholine rings is 1. The summed E-state index contributed by atoms with van der Waals surface area (Å²) in [4.78, 5) is 26.6. The molecule has 7 nitrogen and oxygen atoms in total. The van der Waals surface area contributed by atoms with Crippen LogP contribution >= 0.6 is 11.3 Å². The predicted octanol–water partition coefficient (Wildman–Crippen LogP) is 1.20. The number of aromatic nitrogens is 2. The van der Waals surface area contributed by atoms with Crippen LogP contribution in [0.5, 0.6) is 0 Å². The van der Waals surface area contributed by atoms with Crippen LogP contribution in [0.3, 0.4) is 0 Å². The molecule has 0 spiro atoms. The Morgan fingerprint density at radius 1 is 1.55 bits per heavy atom. The Morgan fingerprint density at radius 2 is 2.41 bits per heavy atom. The zero-order valence-corrected chi connectivity index (χ0v) is 13.0. The smallest absolute Gasteiger partial charge is 0.387 e. The van der Waals surface area contributed by atoms with Gasteiger partial charge in [0, 0.05) is 13.1 Å². The molecule has 1 amide bonds. The van der Waals surface area contributed by atoms with E-state index < -0.39 is 5.76 Å². The monoisotopic (exact) mass is 323 g/mol. The van der Waals surface area contributed by atoms with Crippen molar-refractivity contribution in [1.82, 2.24) is 14.7 Å². The zero-order chi connectivity index (χ0) is 15.5. The molecule has 8 heteroatoms. The van der Waals surface area contributed by atoms with Crippen molar-refractivity contribution in [2.75, 3.05) is 19.7 Å². The lowest BCUT2D eigenvalue weighted by molar-refractivity contribution is -0.139. The van der Waals surface area contributed by atoms with Crippen LogP contribution in [0.15, 0.2) is 26.7 Å². The maximum absolute atomic E-state index is 12.3. The van der Waals surface area contributed by atoms with E-state index in [-0.39, 0.29) is 24.4 Å². The SMILES string of the molecule is CCC1CN(C(=O)Cn2nc(-c3cccs3)oc2=O)CCO1. The summed E-state index contributed by atoms with van der Waals surface area (Å²) in [5.74, 6) is -0.506. The predicted molar refractivity (Wildman–Crippen MR) is 80.7 cm³/mol. The van der Waals surface area contributed by atoms with Gasteiger partial charge in [-0.05, 0) is 17.9 Å². The number of thiophene rings is 1. The van der Waals surface area contributed by atoms with Crippen molar-refractivity contribution in [2.45, 2.75) is 26.0 Å². The number of carbonyl (C=O) groups is 1. The molecule has 0 N–H and O–H groups in total. The Labute approximate surface area is 131 Å². The minimum atomic E-state index is -0.614. The standard InChI is InChI=1S/C14H17N3O4S/c1-2-10-8-16(5-6-20-10)12(18)9-17-14(19)21-13(15-17)11-4-3-7-22-11/h3-4,7,10H,2,5-6,8-9H2,1H3. The quantitative estimate of drug-likeness (QED) is 0.845. The van der Waals surface area contributed by atoms with E-state index in [2.05, 4.69) is 5.10 Å². The number of hydrogen-bond donors (Lipinski definition) is 0. The van der Waals surface area contributed by atoms with Gasteiger partial charge in [-0.3, -0.25) is 4.79 Å². The van der Waals surface area contributed by atoms with Gasteiger partial charge in [0.25, 0.3) is 5.89 Å². The topological polar surface area (TPSA) is 77.6 Å². The Hall–Kier alpha value is -1.93. The highest BCUT2D eigenvalue weighted by Gasteiger charge is 2.24. The van der Waals surface area contributed by atoms with Crippen LogP contribution in [0.1, 0.15) is 13.3 Å². The average Bonchev–Trinajstić information content (AvgIpc) is 3.18. The highest BCUT2D eigenvalue weighted by Crippen LogP contribution is 2.21. The summed E-state index contributed by atoms with van der Waals surface area (Å²) in [5.41, 5.74) is 0. The summed E-state index contributed by atoms with van der Waals surface area (Å²) in [6, 6.07) is 3.67. The highest BCUT2D eigenvalue weighted by molar-refractivity contribution is 7.13. The molecule has 0 radical (unpaired) electrons. The Bertz CT molecular complexity index is 691. The molecule has 0 aromatic carbocycles. The minimum absolute atomic E-state index is 0.0633. The second-order valence-electron chi connectivity index (χ2n) is 5.05. The van der Waals surface area contributed by atoms with Gasteiger partial charge in [-0.2, -0.15) is 4.68 Å². The molecule has 3 heterocycles. The maximum atomic E-state index is 12.3. The summed E-state index contributed by atoms with van der Waals surface area (Å²) < 4.78 is 11.7. The third-order valence-corrected chi connectivity index (χ3v) is 4.43. The first-order valence-corrected chi connectivity index (χ1v) is 8.06. The number of ether oxygens (including phenoxy) is 1. The lowest BCUT2D eigenvalue weighted by Crippen LogP contribution is -2.47. The van der Waals surface area contributed by atoms with Crippen LogP contribution in [-0.2, 0) is 16.1 Å². The number of carbonyl (C=O) groups excluding carboxylic acids is 1. The van der Waals surface area contributed by atoms with Gasteiger partial charge in [0.05, 0.1) is 17.6 Å². The molecule has 2 aromatic heterocycles. The van der Waals surface area contributed by atoms with E-state index in [0.29, 0.717) is 19.7 Å². The molecule has 1 unspecified atom stereocenters. The van der Waals surface area contributed by atoms with Crippen molar-refractivity contribution >= 4 is 17.2 Å². The van der Waals surface area contributed by atoms with Gasteiger partial charge in [0.15, 0.2) is 0 Å². The number of rotatable bonds is 4. The van der Waals surface area contributed by atoms with Gasteiger partial charge >= 0.3 is 5.76 Å². The molecule has 1 atom stereocenters. The van der Waals surface area contributed by atoms with E-state index in [9.17, 15) is 9.59 Å². The molecule has 1 fully saturated rings. The lowest BCUT2D eigenvalue weighted by Gasteiger charge is -2.32. The number of amides is 1. The van der Waals surface area contributed by atoms with Crippen LogP contribution in [0.2, 0.25) is 0 Å². The summed E-state index contributed by atoms with van der Waals surface area (Å²) in [6.45, 7) is 3.54. The summed E-state index contributed by atoms with van der Waals surface area (Å²) >= 11 is 1.43. The highest BCUT2D eigenvalue weighted by atomic mass is 32.1. The van der Waals surface area contributed by atoms with Crippen molar-refractivity contribution in [2.24, 2.45) is 0 Å². The molecular formula is C14H17N3O4S. The zero-order valence-electron chi connectivity index (χ0n) is 12.2. The maximum Gasteiger partial charge on any atom is 0.437 e. The van der Waals surface area contributed by atoms with Crippen LogP contribution in [0.4, 0.5) is 0 Å². The van der Waals surface area contributed by atoms with Crippen molar-refractivity contribution in [3.8, 4) is 10.8 Å². The molecule has 1 saturated heterocycles. The number of hydrogen-bond acceptors (Lipinski definition) is 6. The molecule has 0 saturated carbocycles. The van der Waals surface area contributed by atoms with Crippen LogP contribution in [0.25, 0.3) is 10.8 Å². The van der Waals surface area contributed by atoms with Crippen molar-refractivity contribution in [3.63, 3.8) is 0 Å². The largest absolute Gasteiger partial charge is 0.437 e. The van der Waals surface area contributed by atoms with Gasteiger partial charge in [-0.25, -0.2) is 4.79 Å². The second kappa shape index (κ2) is 6.45. The van der Waals surface area contributed by atoms with E-state index >= 15 is 0 Å². The molecule has 1 aliphatic heterocycles. The Kier molecular flexibility index (Phi) is 4.39. The van der Waals surface area contributed by atoms with Crippen LogP contribution in [-0.4, -0.2) is 46.4 Å². The van der Waals surface area contributed by atoms with Crippen molar-refractivity contribution in [3.05, 3.63) is 28.1 Å². The molecule has 1 aliphatic rings. The van der Waals surface area contributed by atoms with Crippen LogP contribution in [0, 0.1) is 0 Å². The first-order valence-electron chi connectivity index (χ1n) is 7.18. The van der Waals surface area contributed by atoms with Crippen LogP contribution < -0.4 is 5.76 Å². The fourth-order valence-electron chi connectivity index (χ4n) is 2.33. The summed E-state index contributed by atoms with van der Waals surface area (Å²) in [6.07, 6.45) is 0.921. The number of nitrogens with zero attached hydrogens (tertiary/aromatic N) is 3. The fraction of sp³-hybridized carbons (Fsp3) is 0.500. The van der Waals surface area contributed by atoms with E-state index in [1.165, 1.54) is 11.3 Å². The van der Waals surface area contributed by atoms with Gasteiger partial charge in [-0.15, -0.1) is 16.4 Å². The molecule has 22 heavy (non-hydrogen) atoms. The first kappa shape index (κ1) is 15.0. The second-order valence-corrected chi connectivity index (χ2v) is 6.00. The van der Waals surface area contributed by atoms with E-state index in [4.69, 9.17) is 9.15 Å². The first-order chi connectivity index (χ1) is 10.7. The molecule has 118 valence electrons. The van der Waals surface area contributed by atoms with Crippen molar-refractivity contribution in [1.29, 1.82) is 0 Å². The normalized spacial score (nSPS) is 18.6. The Balaban J connectivity index is 1.70. The van der Waals surface area contributed by atoms with E-state index in [1.807, 2.05) is 24.4 Å². The van der Waals surface area contributed by atoms with Gasteiger partial charge in [0.2, 0.25) is 5.91 Å². The summed E-state index contributed by atoms with van der Waals surface area (Å²) in [5, 5.41) is 5.97. The Morgan fingerprint density at radius 3 is 3.14 bits per heavy atom. The van der Waals surface area contributed by atoms with Gasteiger partial charge < -0.3 is 14.1 Å². The van der Waals surface area contributed by atoms with Gasteiger partial charge in [-0.1, -0.05) is 13.0 Å². The molecule has 3 rings (SSSR count). The lowest BCUT2D eigenvalue weighted by atomic mass is 10.2.